The Morgan fingerprint density at radius 2 is 1.74 bits per heavy atom. The molecule has 0 atom stereocenters. The molecule has 0 fully saturated rings. The molecule has 3 rings (SSSR count). The van der Waals surface area contributed by atoms with E-state index >= 15 is 0 Å². The first-order chi connectivity index (χ1) is 9.26. The van der Waals surface area contributed by atoms with Crippen molar-refractivity contribution in [2.24, 2.45) is 0 Å². The fourth-order valence-electron chi connectivity index (χ4n) is 2.04. The van der Waals surface area contributed by atoms with E-state index in [1.54, 1.807) is 18.2 Å². The van der Waals surface area contributed by atoms with Crippen LogP contribution >= 0.6 is 0 Å². The molecule has 19 heavy (non-hydrogen) atoms. The molecule has 3 nitrogen and oxygen atoms in total. The highest BCUT2D eigenvalue weighted by molar-refractivity contribution is 5.68. The molecule has 1 aliphatic heterocycles. The minimum Gasteiger partial charge on any atom is -0.486 e. The van der Waals surface area contributed by atoms with Crippen LogP contribution < -0.4 is 9.47 Å². The lowest BCUT2D eigenvalue weighted by Gasteiger charge is -2.19. The molecule has 1 heterocycles. The standard InChI is InChI=1S/C15H10FNO2/c16-13-6-10(9-17)5-12(7-13)11-1-2-14-15(8-11)19-4-3-18-14/h1-2,5-8H,3-4H2. The molecular formula is C15H10FNO2. The Kier molecular flexibility index (Phi) is 2.81. The summed E-state index contributed by atoms with van der Waals surface area (Å²) < 4.78 is 24.4. The van der Waals surface area contributed by atoms with E-state index in [0.717, 1.165) is 5.56 Å². The van der Waals surface area contributed by atoms with Crippen LogP contribution in [-0.2, 0) is 0 Å². The number of fused-ring (bicyclic) bond motifs is 1. The van der Waals surface area contributed by atoms with Crippen LogP contribution in [0.1, 0.15) is 5.56 Å². The largest absolute Gasteiger partial charge is 0.486 e. The van der Waals surface area contributed by atoms with Gasteiger partial charge in [-0.3, -0.25) is 0 Å². The molecule has 94 valence electrons. The summed E-state index contributed by atoms with van der Waals surface area (Å²) in [4.78, 5) is 0. The van der Waals surface area contributed by atoms with Crippen LogP contribution in [0.2, 0.25) is 0 Å². The van der Waals surface area contributed by atoms with Crippen molar-refractivity contribution in [3.8, 4) is 28.7 Å². The molecule has 0 amide bonds. The molecule has 0 aliphatic carbocycles. The van der Waals surface area contributed by atoms with Gasteiger partial charge in [0, 0.05) is 0 Å². The lowest BCUT2D eigenvalue weighted by molar-refractivity contribution is 0.171. The molecule has 2 aromatic rings. The molecule has 1 aliphatic rings. The molecule has 0 bridgehead atoms. The van der Waals surface area contributed by atoms with E-state index in [9.17, 15) is 4.39 Å². The number of halogens is 1. The Labute approximate surface area is 109 Å². The quantitative estimate of drug-likeness (QED) is 0.786. The Morgan fingerprint density at radius 1 is 0.947 bits per heavy atom. The van der Waals surface area contributed by atoms with Crippen molar-refractivity contribution in [1.29, 1.82) is 5.26 Å². The van der Waals surface area contributed by atoms with Gasteiger partial charge in [0.15, 0.2) is 11.5 Å². The third-order valence-corrected chi connectivity index (χ3v) is 2.90. The maximum atomic E-state index is 13.4. The Balaban J connectivity index is 2.07. The van der Waals surface area contributed by atoms with Crippen molar-refractivity contribution >= 4 is 0 Å². The molecule has 0 saturated carbocycles. The van der Waals surface area contributed by atoms with Crippen LogP contribution in [0, 0.1) is 17.1 Å². The second-order valence-electron chi connectivity index (χ2n) is 4.20. The van der Waals surface area contributed by atoms with E-state index in [0.29, 0.717) is 35.8 Å². The maximum Gasteiger partial charge on any atom is 0.161 e. The molecule has 0 saturated heterocycles. The Bertz CT molecular complexity index is 676. The van der Waals surface area contributed by atoms with Crippen molar-refractivity contribution in [2.75, 3.05) is 13.2 Å². The van der Waals surface area contributed by atoms with Crippen molar-refractivity contribution < 1.29 is 13.9 Å². The van der Waals surface area contributed by atoms with Gasteiger partial charge in [0.05, 0.1) is 11.6 Å². The third-order valence-electron chi connectivity index (χ3n) is 2.90. The summed E-state index contributed by atoms with van der Waals surface area (Å²) in [5.74, 6) is 0.905. The van der Waals surface area contributed by atoms with Gasteiger partial charge in [-0.2, -0.15) is 5.26 Å². The zero-order valence-corrected chi connectivity index (χ0v) is 10.0. The van der Waals surface area contributed by atoms with E-state index in [-0.39, 0.29) is 0 Å². The Morgan fingerprint density at radius 3 is 2.53 bits per heavy atom. The van der Waals surface area contributed by atoms with Crippen molar-refractivity contribution in [3.05, 3.63) is 47.8 Å². The van der Waals surface area contributed by atoms with Crippen molar-refractivity contribution in [1.82, 2.24) is 0 Å². The minimum atomic E-state index is -0.427. The monoisotopic (exact) mass is 255 g/mol. The van der Waals surface area contributed by atoms with E-state index < -0.39 is 5.82 Å². The maximum absolute atomic E-state index is 13.4. The predicted octanol–water partition coefficient (Wildman–Crippen LogP) is 3.14. The summed E-state index contributed by atoms with van der Waals surface area (Å²) in [7, 11) is 0. The SMILES string of the molecule is N#Cc1cc(F)cc(-c2ccc3c(c2)OCCO3)c1. The van der Waals surface area contributed by atoms with Crippen LogP contribution in [-0.4, -0.2) is 13.2 Å². The molecular weight excluding hydrogens is 245 g/mol. The first-order valence-electron chi connectivity index (χ1n) is 5.87. The van der Waals surface area contributed by atoms with Crippen molar-refractivity contribution in [2.45, 2.75) is 0 Å². The van der Waals surface area contributed by atoms with Gasteiger partial charge < -0.3 is 9.47 Å². The van der Waals surface area contributed by atoms with Crippen LogP contribution in [0.5, 0.6) is 11.5 Å². The van der Waals surface area contributed by atoms with Gasteiger partial charge in [0.2, 0.25) is 0 Å². The van der Waals surface area contributed by atoms with Gasteiger partial charge in [-0.25, -0.2) is 4.39 Å². The summed E-state index contributed by atoms with van der Waals surface area (Å²) in [6.07, 6.45) is 0. The number of ether oxygens (including phenoxy) is 2. The van der Waals surface area contributed by atoms with Crippen LogP contribution in [0.4, 0.5) is 4.39 Å². The second kappa shape index (κ2) is 4.62. The second-order valence-corrected chi connectivity index (χ2v) is 4.20. The number of hydrogen-bond acceptors (Lipinski definition) is 3. The fraction of sp³-hybridized carbons (Fsp3) is 0.133. The molecule has 0 unspecified atom stereocenters. The van der Waals surface area contributed by atoms with Crippen molar-refractivity contribution in [3.63, 3.8) is 0 Å². The number of benzene rings is 2. The molecule has 2 aromatic carbocycles. The molecule has 0 radical (unpaired) electrons. The summed E-state index contributed by atoms with van der Waals surface area (Å²) in [5.41, 5.74) is 1.73. The zero-order valence-electron chi connectivity index (χ0n) is 10.0. The lowest BCUT2D eigenvalue weighted by atomic mass is 10.0. The summed E-state index contributed by atoms with van der Waals surface area (Å²) in [5, 5.41) is 8.86. The highest BCUT2D eigenvalue weighted by Crippen LogP contribution is 2.34. The number of rotatable bonds is 1. The van der Waals surface area contributed by atoms with Gasteiger partial charge in [-0.1, -0.05) is 6.07 Å². The van der Waals surface area contributed by atoms with Gasteiger partial charge in [0.1, 0.15) is 19.0 Å². The van der Waals surface area contributed by atoms with Crippen LogP contribution in [0.25, 0.3) is 11.1 Å². The molecule has 4 heteroatoms. The van der Waals surface area contributed by atoms with Gasteiger partial charge >= 0.3 is 0 Å². The first-order valence-corrected chi connectivity index (χ1v) is 5.87. The summed E-state index contributed by atoms with van der Waals surface area (Å²) >= 11 is 0. The van der Waals surface area contributed by atoms with Crippen LogP contribution in [0.15, 0.2) is 36.4 Å². The van der Waals surface area contributed by atoms with Gasteiger partial charge in [0.25, 0.3) is 0 Å². The van der Waals surface area contributed by atoms with E-state index in [1.807, 2.05) is 12.1 Å². The first kappa shape index (κ1) is 11.5. The van der Waals surface area contributed by atoms with Gasteiger partial charge in [-0.05, 0) is 41.5 Å². The smallest absolute Gasteiger partial charge is 0.161 e. The summed E-state index contributed by atoms with van der Waals surface area (Å²) in [6.45, 7) is 1.04. The highest BCUT2D eigenvalue weighted by Gasteiger charge is 2.13. The Hall–Kier alpha value is -2.54. The van der Waals surface area contributed by atoms with E-state index in [1.165, 1.54) is 12.1 Å². The third kappa shape index (κ3) is 2.23. The predicted molar refractivity (Wildman–Crippen MR) is 67.5 cm³/mol. The van der Waals surface area contributed by atoms with E-state index in [4.69, 9.17) is 14.7 Å². The number of nitriles is 1. The normalized spacial score (nSPS) is 12.8. The average molecular weight is 255 g/mol. The molecule has 0 aromatic heterocycles. The zero-order chi connectivity index (χ0) is 13.2. The lowest BCUT2D eigenvalue weighted by Crippen LogP contribution is -2.15. The number of nitrogens with zero attached hydrogens (tertiary/aromatic N) is 1. The van der Waals surface area contributed by atoms with E-state index in [2.05, 4.69) is 0 Å². The highest BCUT2D eigenvalue weighted by atomic mass is 19.1. The molecule has 0 N–H and O–H groups in total. The average Bonchev–Trinajstić information content (AvgIpc) is 2.46. The summed E-state index contributed by atoms with van der Waals surface area (Å²) in [6, 6.07) is 11.6. The fourth-order valence-corrected chi connectivity index (χ4v) is 2.04. The van der Waals surface area contributed by atoms with Gasteiger partial charge in [-0.15, -0.1) is 0 Å². The number of hydrogen-bond donors (Lipinski definition) is 0. The topological polar surface area (TPSA) is 42.2 Å². The molecule has 0 spiro atoms. The van der Waals surface area contributed by atoms with Crippen LogP contribution in [0.3, 0.4) is 0 Å². The minimum absolute atomic E-state index is 0.296.